The van der Waals surface area contributed by atoms with E-state index in [1.54, 1.807) is 6.07 Å². The standard InChI is InChI=1S/C18H27ClFN/c1-12(2)21-11-18(9-13(10-18)17(3,4)5)16-14(19)7-6-8-15(16)20/h6-8,12-13,21H,9-11H2,1-5H3. The van der Waals surface area contributed by atoms with Gasteiger partial charge in [0, 0.05) is 28.6 Å². The lowest BCUT2D eigenvalue weighted by Crippen LogP contribution is -2.53. The minimum absolute atomic E-state index is 0.162. The number of halogens is 2. The fourth-order valence-corrected chi connectivity index (χ4v) is 3.70. The van der Waals surface area contributed by atoms with E-state index in [1.807, 2.05) is 6.07 Å². The van der Waals surface area contributed by atoms with Gasteiger partial charge in [0.2, 0.25) is 0 Å². The van der Waals surface area contributed by atoms with Crippen LogP contribution in [-0.4, -0.2) is 12.6 Å². The van der Waals surface area contributed by atoms with Crippen LogP contribution in [0.3, 0.4) is 0 Å². The molecular formula is C18H27ClFN. The van der Waals surface area contributed by atoms with Gasteiger partial charge in [-0.05, 0) is 36.3 Å². The normalized spacial score (nSPS) is 26.0. The van der Waals surface area contributed by atoms with Crippen LogP contribution in [0, 0.1) is 17.2 Å². The van der Waals surface area contributed by atoms with Gasteiger partial charge >= 0.3 is 0 Å². The first kappa shape index (κ1) is 16.8. The summed E-state index contributed by atoms with van der Waals surface area (Å²) in [5, 5.41) is 4.05. The maximum atomic E-state index is 14.4. The Hall–Kier alpha value is -0.600. The highest BCUT2D eigenvalue weighted by atomic mass is 35.5. The first-order valence-corrected chi connectivity index (χ1v) is 8.21. The molecule has 0 radical (unpaired) electrons. The maximum Gasteiger partial charge on any atom is 0.128 e. The summed E-state index contributed by atoms with van der Waals surface area (Å²) in [4.78, 5) is 0. The van der Waals surface area contributed by atoms with Gasteiger partial charge in [0.05, 0.1) is 0 Å². The summed E-state index contributed by atoms with van der Waals surface area (Å²) >= 11 is 6.34. The van der Waals surface area contributed by atoms with E-state index in [0.29, 0.717) is 22.5 Å². The van der Waals surface area contributed by atoms with Crippen molar-refractivity contribution in [3.63, 3.8) is 0 Å². The van der Waals surface area contributed by atoms with E-state index >= 15 is 0 Å². The third-order valence-electron chi connectivity index (χ3n) is 4.84. The molecule has 0 saturated heterocycles. The van der Waals surface area contributed by atoms with Crippen molar-refractivity contribution in [2.24, 2.45) is 11.3 Å². The molecule has 0 spiro atoms. The number of nitrogens with one attached hydrogen (secondary N) is 1. The quantitative estimate of drug-likeness (QED) is 0.808. The van der Waals surface area contributed by atoms with E-state index in [2.05, 4.69) is 39.9 Å². The predicted octanol–water partition coefficient (Wildman–Crippen LogP) is 5.17. The molecule has 1 fully saturated rings. The number of benzene rings is 1. The van der Waals surface area contributed by atoms with Crippen LogP contribution >= 0.6 is 11.6 Å². The van der Waals surface area contributed by atoms with Crippen LogP contribution in [0.25, 0.3) is 0 Å². The van der Waals surface area contributed by atoms with Gasteiger partial charge in [0.1, 0.15) is 5.82 Å². The van der Waals surface area contributed by atoms with Gasteiger partial charge in [0.25, 0.3) is 0 Å². The SMILES string of the molecule is CC(C)NCC1(c2c(F)cccc2Cl)CC(C(C)(C)C)C1. The zero-order valence-corrected chi connectivity index (χ0v) is 14.5. The van der Waals surface area contributed by atoms with Crippen LogP contribution in [-0.2, 0) is 5.41 Å². The lowest BCUT2D eigenvalue weighted by Gasteiger charge is -2.54. The van der Waals surface area contributed by atoms with Crippen LogP contribution in [0.15, 0.2) is 18.2 Å². The van der Waals surface area contributed by atoms with E-state index in [1.165, 1.54) is 6.07 Å². The van der Waals surface area contributed by atoms with Gasteiger partial charge in [-0.25, -0.2) is 4.39 Å². The summed E-state index contributed by atoms with van der Waals surface area (Å²) in [6.07, 6.45) is 1.99. The predicted molar refractivity (Wildman–Crippen MR) is 88.4 cm³/mol. The molecule has 0 aromatic heterocycles. The van der Waals surface area contributed by atoms with Crippen molar-refractivity contribution in [3.05, 3.63) is 34.6 Å². The number of rotatable bonds is 4. The first-order valence-electron chi connectivity index (χ1n) is 7.83. The van der Waals surface area contributed by atoms with E-state index in [0.717, 1.165) is 19.4 Å². The highest BCUT2D eigenvalue weighted by Crippen LogP contribution is 2.55. The molecule has 3 heteroatoms. The zero-order chi connectivity index (χ0) is 15.8. The summed E-state index contributed by atoms with van der Waals surface area (Å²) in [6.45, 7) is 11.8. The Labute approximate surface area is 133 Å². The summed E-state index contributed by atoms with van der Waals surface area (Å²) in [5.41, 5.74) is 0.810. The molecule has 0 atom stereocenters. The van der Waals surface area contributed by atoms with Crippen LogP contribution in [0.1, 0.15) is 53.0 Å². The minimum Gasteiger partial charge on any atom is -0.314 e. The number of hydrogen-bond donors (Lipinski definition) is 1. The molecule has 21 heavy (non-hydrogen) atoms. The van der Waals surface area contributed by atoms with Gasteiger partial charge in [-0.15, -0.1) is 0 Å². The molecule has 1 nitrogen and oxygen atoms in total. The fraction of sp³-hybridized carbons (Fsp3) is 0.667. The molecule has 0 amide bonds. The third-order valence-corrected chi connectivity index (χ3v) is 5.16. The Morgan fingerprint density at radius 3 is 2.43 bits per heavy atom. The molecular weight excluding hydrogens is 285 g/mol. The van der Waals surface area contributed by atoms with Crippen molar-refractivity contribution in [3.8, 4) is 0 Å². The molecule has 0 heterocycles. The Bertz CT molecular complexity index is 478. The second kappa shape index (κ2) is 5.89. The van der Waals surface area contributed by atoms with Gasteiger partial charge in [0.15, 0.2) is 0 Å². The Balaban J connectivity index is 2.31. The van der Waals surface area contributed by atoms with E-state index in [-0.39, 0.29) is 16.6 Å². The summed E-state index contributed by atoms with van der Waals surface area (Å²) in [5.74, 6) is 0.447. The van der Waals surface area contributed by atoms with Crippen molar-refractivity contribution in [1.82, 2.24) is 5.32 Å². The molecule has 0 aliphatic heterocycles. The van der Waals surface area contributed by atoms with E-state index in [4.69, 9.17) is 11.6 Å². The van der Waals surface area contributed by atoms with Gasteiger partial charge in [-0.2, -0.15) is 0 Å². The molecule has 1 aliphatic carbocycles. The van der Waals surface area contributed by atoms with Crippen LogP contribution < -0.4 is 5.32 Å². The smallest absolute Gasteiger partial charge is 0.128 e. The largest absolute Gasteiger partial charge is 0.314 e. The first-order chi connectivity index (χ1) is 9.66. The average Bonchev–Trinajstić information content (AvgIpc) is 2.28. The van der Waals surface area contributed by atoms with Gasteiger partial charge in [-0.1, -0.05) is 52.3 Å². The molecule has 2 rings (SSSR count). The lowest BCUT2D eigenvalue weighted by atomic mass is 9.52. The third kappa shape index (κ3) is 3.43. The van der Waals surface area contributed by atoms with Crippen molar-refractivity contribution >= 4 is 11.6 Å². The monoisotopic (exact) mass is 311 g/mol. The van der Waals surface area contributed by atoms with Crippen molar-refractivity contribution in [1.29, 1.82) is 0 Å². The molecule has 1 aromatic carbocycles. The second-order valence-corrected chi connectivity index (χ2v) is 8.29. The lowest BCUT2D eigenvalue weighted by molar-refractivity contribution is 0.0416. The molecule has 0 bridgehead atoms. The zero-order valence-electron chi connectivity index (χ0n) is 13.8. The van der Waals surface area contributed by atoms with Gasteiger partial charge in [-0.3, -0.25) is 0 Å². The molecule has 1 saturated carbocycles. The molecule has 1 aliphatic rings. The molecule has 1 aromatic rings. The van der Waals surface area contributed by atoms with Crippen molar-refractivity contribution in [2.75, 3.05) is 6.54 Å². The van der Waals surface area contributed by atoms with Crippen LogP contribution in [0.4, 0.5) is 4.39 Å². The Morgan fingerprint density at radius 1 is 1.33 bits per heavy atom. The number of hydrogen-bond acceptors (Lipinski definition) is 1. The highest BCUT2D eigenvalue weighted by Gasteiger charge is 2.51. The van der Waals surface area contributed by atoms with Crippen LogP contribution in [0.5, 0.6) is 0 Å². The van der Waals surface area contributed by atoms with Crippen LogP contribution in [0.2, 0.25) is 5.02 Å². The molecule has 1 N–H and O–H groups in total. The Morgan fingerprint density at radius 2 is 1.95 bits per heavy atom. The Kier molecular flexibility index (Phi) is 4.70. The van der Waals surface area contributed by atoms with E-state index in [9.17, 15) is 4.39 Å². The summed E-state index contributed by atoms with van der Waals surface area (Å²) in [6, 6.07) is 5.41. The topological polar surface area (TPSA) is 12.0 Å². The van der Waals surface area contributed by atoms with Gasteiger partial charge < -0.3 is 5.32 Å². The average molecular weight is 312 g/mol. The maximum absolute atomic E-state index is 14.4. The van der Waals surface area contributed by atoms with E-state index < -0.39 is 0 Å². The summed E-state index contributed by atoms with van der Waals surface area (Å²) < 4.78 is 14.4. The second-order valence-electron chi connectivity index (χ2n) is 7.88. The molecule has 118 valence electrons. The summed E-state index contributed by atoms with van der Waals surface area (Å²) in [7, 11) is 0. The van der Waals surface area contributed by atoms with Crippen molar-refractivity contribution in [2.45, 2.75) is 58.9 Å². The fourth-order valence-electron chi connectivity index (χ4n) is 3.34. The molecule has 0 unspecified atom stereocenters. The van der Waals surface area contributed by atoms with Crippen molar-refractivity contribution < 1.29 is 4.39 Å². The highest BCUT2D eigenvalue weighted by molar-refractivity contribution is 6.31. The minimum atomic E-state index is -0.166.